The van der Waals surface area contributed by atoms with Crippen LogP contribution in [0.25, 0.3) is 0 Å². The second-order valence-corrected chi connectivity index (χ2v) is 5.68. The van der Waals surface area contributed by atoms with E-state index in [-0.39, 0.29) is 0 Å². The maximum Gasteiger partial charge on any atom is 0.122 e. The first kappa shape index (κ1) is 16.3. The molecule has 21 heavy (non-hydrogen) atoms. The van der Waals surface area contributed by atoms with Crippen LogP contribution in [0.5, 0.6) is 5.75 Å². The molecule has 1 aromatic carbocycles. The Balaban J connectivity index is 1.96. The van der Waals surface area contributed by atoms with Crippen molar-refractivity contribution >= 4 is 0 Å². The average Bonchev–Trinajstić information content (AvgIpc) is 2.53. The molecule has 2 rings (SSSR count). The predicted molar refractivity (Wildman–Crippen MR) is 87.0 cm³/mol. The van der Waals surface area contributed by atoms with Crippen LogP contribution in [-0.2, 0) is 11.2 Å². The molecule has 1 aromatic rings. The van der Waals surface area contributed by atoms with Crippen molar-refractivity contribution in [3.05, 3.63) is 29.3 Å². The monoisotopic (exact) mass is 291 g/mol. The zero-order valence-electron chi connectivity index (χ0n) is 13.5. The summed E-state index contributed by atoms with van der Waals surface area (Å²) in [7, 11) is 0. The van der Waals surface area contributed by atoms with Crippen molar-refractivity contribution in [3.63, 3.8) is 0 Å². The molecule has 0 radical (unpaired) electrons. The molecule has 0 aliphatic heterocycles. The molecular weight excluding hydrogens is 262 g/mol. The number of hydrogen-bond donors (Lipinski definition) is 1. The Hall–Kier alpha value is -1.06. The highest BCUT2D eigenvalue weighted by Crippen LogP contribution is 2.35. The van der Waals surface area contributed by atoms with Crippen LogP contribution in [0.15, 0.2) is 18.2 Å². The fraction of sp³-hybridized carbons (Fsp3) is 0.667. The number of ether oxygens (including phenoxy) is 2. The van der Waals surface area contributed by atoms with Gasteiger partial charge in [0.05, 0.1) is 6.61 Å². The lowest BCUT2D eigenvalue weighted by Gasteiger charge is -2.28. The molecule has 1 aliphatic carbocycles. The minimum absolute atomic E-state index is 0.494. The number of fused-ring (bicyclic) bond motifs is 1. The van der Waals surface area contributed by atoms with E-state index in [1.165, 1.54) is 30.4 Å². The zero-order valence-corrected chi connectivity index (χ0v) is 13.5. The van der Waals surface area contributed by atoms with E-state index < -0.39 is 0 Å². The fourth-order valence-electron chi connectivity index (χ4n) is 2.94. The standard InChI is InChI=1S/C18H29NO2/c1-3-11-19-17-9-5-8-16-15(17)7-6-10-18(16)21-14-13-20-12-4-2/h6-7,10,17,19H,3-5,8-9,11-14H2,1-2H3. The Kier molecular flexibility index (Phi) is 7.04. The van der Waals surface area contributed by atoms with E-state index in [2.05, 4.69) is 37.4 Å². The van der Waals surface area contributed by atoms with Gasteiger partial charge in [0.15, 0.2) is 0 Å². The van der Waals surface area contributed by atoms with E-state index in [9.17, 15) is 0 Å². The van der Waals surface area contributed by atoms with Crippen molar-refractivity contribution < 1.29 is 9.47 Å². The topological polar surface area (TPSA) is 30.5 Å². The Morgan fingerprint density at radius 1 is 1.14 bits per heavy atom. The smallest absolute Gasteiger partial charge is 0.122 e. The summed E-state index contributed by atoms with van der Waals surface area (Å²) in [6.45, 7) is 7.56. The van der Waals surface area contributed by atoms with E-state index in [0.29, 0.717) is 19.3 Å². The first-order chi connectivity index (χ1) is 10.4. The van der Waals surface area contributed by atoms with Crippen LogP contribution in [-0.4, -0.2) is 26.4 Å². The maximum absolute atomic E-state index is 5.95. The van der Waals surface area contributed by atoms with Gasteiger partial charge in [0.2, 0.25) is 0 Å². The second kappa shape index (κ2) is 9.06. The van der Waals surface area contributed by atoms with E-state index in [1.807, 2.05) is 0 Å². The van der Waals surface area contributed by atoms with Crippen molar-refractivity contribution in [2.45, 2.75) is 52.0 Å². The minimum Gasteiger partial charge on any atom is -0.491 e. The van der Waals surface area contributed by atoms with Crippen LogP contribution in [0.2, 0.25) is 0 Å². The van der Waals surface area contributed by atoms with Crippen LogP contribution in [0.3, 0.4) is 0 Å². The summed E-state index contributed by atoms with van der Waals surface area (Å²) in [4.78, 5) is 0. The van der Waals surface area contributed by atoms with Gasteiger partial charge in [-0.15, -0.1) is 0 Å². The summed E-state index contributed by atoms with van der Waals surface area (Å²) in [6, 6.07) is 6.96. The van der Waals surface area contributed by atoms with Gasteiger partial charge in [-0.2, -0.15) is 0 Å². The highest BCUT2D eigenvalue weighted by atomic mass is 16.5. The summed E-state index contributed by atoms with van der Waals surface area (Å²) in [5.74, 6) is 1.05. The quantitative estimate of drug-likeness (QED) is 0.701. The third kappa shape index (κ3) is 4.72. The third-order valence-electron chi connectivity index (χ3n) is 3.94. The van der Waals surface area contributed by atoms with E-state index in [0.717, 1.165) is 31.7 Å². The molecular formula is C18H29NO2. The van der Waals surface area contributed by atoms with Crippen molar-refractivity contribution in [2.24, 2.45) is 0 Å². The van der Waals surface area contributed by atoms with Crippen LogP contribution in [0.4, 0.5) is 0 Å². The van der Waals surface area contributed by atoms with Crippen molar-refractivity contribution in [2.75, 3.05) is 26.4 Å². The van der Waals surface area contributed by atoms with Crippen LogP contribution < -0.4 is 10.1 Å². The molecule has 1 unspecified atom stereocenters. The van der Waals surface area contributed by atoms with Gasteiger partial charge in [0, 0.05) is 12.6 Å². The lowest BCUT2D eigenvalue weighted by atomic mass is 9.87. The SMILES string of the molecule is CCCNC1CCCc2c(OCCOCCC)cccc21. The Labute approximate surface area is 129 Å². The molecule has 0 bridgehead atoms. The van der Waals surface area contributed by atoms with Gasteiger partial charge in [-0.1, -0.05) is 26.0 Å². The maximum atomic E-state index is 5.95. The van der Waals surface area contributed by atoms with Gasteiger partial charge in [-0.25, -0.2) is 0 Å². The summed E-state index contributed by atoms with van der Waals surface area (Å²) in [6.07, 6.45) is 5.84. The Morgan fingerprint density at radius 3 is 2.86 bits per heavy atom. The van der Waals surface area contributed by atoms with Gasteiger partial charge in [0.25, 0.3) is 0 Å². The van der Waals surface area contributed by atoms with Crippen molar-refractivity contribution in [1.29, 1.82) is 0 Å². The summed E-state index contributed by atoms with van der Waals surface area (Å²) < 4.78 is 11.4. The minimum atomic E-state index is 0.494. The van der Waals surface area contributed by atoms with Crippen molar-refractivity contribution in [1.82, 2.24) is 5.32 Å². The second-order valence-electron chi connectivity index (χ2n) is 5.68. The van der Waals surface area contributed by atoms with E-state index in [4.69, 9.17) is 9.47 Å². The molecule has 3 heteroatoms. The zero-order chi connectivity index (χ0) is 14.9. The van der Waals surface area contributed by atoms with Gasteiger partial charge >= 0.3 is 0 Å². The molecule has 0 amide bonds. The molecule has 1 N–H and O–H groups in total. The Morgan fingerprint density at radius 2 is 2.05 bits per heavy atom. The number of rotatable bonds is 9. The summed E-state index contributed by atoms with van der Waals surface area (Å²) in [5.41, 5.74) is 2.83. The number of hydrogen-bond acceptors (Lipinski definition) is 3. The van der Waals surface area contributed by atoms with Gasteiger partial charge < -0.3 is 14.8 Å². The van der Waals surface area contributed by atoms with Crippen LogP contribution >= 0.6 is 0 Å². The Bertz CT molecular complexity index is 420. The largest absolute Gasteiger partial charge is 0.491 e. The molecule has 0 heterocycles. The molecule has 0 aromatic heterocycles. The molecule has 0 saturated carbocycles. The number of nitrogens with one attached hydrogen (secondary N) is 1. The molecule has 0 fully saturated rings. The lowest BCUT2D eigenvalue weighted by Crippen LogP contribution is -2.26. The highest BCUT2D eigenvalue weighted by molar-refractivity contribution is 5.43. The van der Waals surface area contributed by atoms with E-state index in [1.54, 1.807) is 0 Å². The molecule has 1 atom stereocenters. The van der Waals surface area contributed by atoms with E-state index >= 15 is 0 Å². The molecule has 0 spiro atoms. The van der Waals surface area contributed by atoms with Crippen molar-refractivity contribution in [3.8, 4) is 5.75 Å². The third-order valence-corrected chi connectivity index (χ3v) is 3.94. The van der Waals surface area contributed by atoms with Crippen LogP contribution in [0.1, 0.15) is 56.7 Å². The molecule has 0 saturated heterocycles. The normalized spacial score (nSPS) is 17.5. The number of benzene rings is 1. The van der Waals surface area contributed by atoms with Gasteiger partial charge in [-0.05, 0) is 55.8 Å². The average molecular weight is 291 g/mol. The first-order valence-corrected chi connectivity index (χ1v) is 8.42. The van der Waals surface area contributed by atoms with Gasteiger partial charge in [-0.3, -0.25) is 0 Å². The molecule has 3 nitrogen and oxygen atoms in total. The molecule has 118 valence electrons. The lowest BCUT2D eigenvalue weighted by molar-refractivity contribution is 0.100. The highest BCUT2D eigenvalue weighted by Gasteiger charge is 2.22. The van der Waals surface area contributed by atoms with Crippen LogP contribution in [0, 0.1) is 0 Å². The predicted octanol–water partition coefficient (Wildman–Crippen LogP) is 3.87. The van der Waals surface area contributed by atoms with Gasteiger partial charge in [0.1, 0.15) is 12.4 Å². The summed E-state index contributed by atoms with van der Waals surface area (Å²) in [5, 5.41) is 3.66. The first-order valence-electron chi connectivity index (χ1n) is 8.42. The fourth-order valence-corrected chi connectivity index (χ4v) is 2.94. The summed E-state index contributed by atoms with van der Waals surface area (Å²) >= 11 is 0. The molecule has 1 aliphatic rings.